The molecule has 2 nitrogen and oxygen atoms in total. The molecule has 0 atom stereocenters. The largest absolute Gasteiger partial charge is 0.312 e. The van der Waals surface area contributed by atoms with Crippen molar-refractivity contribution in [2.75, 3.05) is 19.6 Å². The van der Waals surface area contributed by atoms with Gasteiger partial charge in [-0.15, -0.1) is 0 Å². The fourth-order valence-electron chi connectivity index (χ4n) is 5.54. The van der Waals surface area contributed by atoms with Crippen LogP contribution in [0.25, 0.3) is 0 Å². The van der Waals surface area contributed by atoms with Gasteiger partial charge in [0.05, 0.1) is 0 Å². The van der Waals surface area contributed by atoms with Gasteiger partial charge in [0.1, 0.15) is 0 Å². The minimum absolute atomic E-state index is 0.201. The van der Waals surface area contributed by atoms with E-state index in [0.717, 1.165) is 38.4 Å². The van der Waals surface area contributed by atoms with Crippen molar-refractivity contribution < 1.29 is 0 Å². The molecule has 2 aromatic rings. The van der Waals surface area contributed by atoms with Gasteiger partial charge >= 0.3 is 0 Å². The normalized spacial score (nSPS) is 19.0. The van der Waals surface area contributed by atoms with E-state index >= 15 is 0 Å². The monoisotopic (exact) mass is 466 g/mol. The van der Waals surface area contributed by atoms with Crippen molar-refractivity contribution in [1.29, 1.82) is 0 Å². The zero-order chi connectivity index (χ0) is 23.8. The molecule has 3 aliphatic rings. The first-order valence-electron chi connectivity index (χ1n) is 14.0. The van der Waals surface area contributed by atoms with E-state index in [1.807, 2.05) is 0 Å². The summed E-state index contributed by atoms with van der Waals surface area (Å²) >= 11 is 0. The Morgan fingerprint density at radius 2 is 1.54 bits per heavy atom. The van der Waals surface area contributed by atoms with Gasteiger partial charge in [-0.3, -0.25) is 0 Å². The first-order valence-corrected chi connectivity index (χ1v) is 14.0. The predicted molar refractivity (Wildman–Crippen MR) is 149 cm³/mol. The number of benzene rings is 2. The molecular weight excluding hydrogens is 424 g/mol. The smallest absolute Gasteiger partial charge is 0.0439 e. The maximum absolute atomic E-state index is 3.95. The van der Waals surface area contributed by atoms with E-state index in [0.29, 0.717) is 0 Å². The van der Waals surface area contributed by atoms with Crippen molar-refractivity contribution in [2.45, 2.75) is 75.7 Å². The number of hydrogen-bond acceptors (Lipinski definition) is 2. The summed E-state index contributed by atoms with van der Waals surface area (Å²) in [7, 11) is 0. The van der Waals surface area contributed by atoms with Crippen LogP contribution in [0.3, 0.4) is 0 Å². The number of hydrogen-bond donors (Lipinski definition) is 2. The molecule has 2 fully saturated rings. The first-order chi connectivity index (χ1) is 17.3. The van der Waals surface area contributed by atoms with Crippen LogP contribution < -0.4 is 10.6 Å². The van der Waals surface area contributed by atoms with Crippen LogP contribution in [0, 0.1) is 0 Å². The molecule has 0 unspecified atom stereocenters. The fourth-order valence-corrected chi connectivity index (χ4v) is 5.54. The Morgan fingerprint density at radius 3 is 2.29 bits per heavy atom. The Labute approximate surface area is 212 Å². The van der Waals surface area contributed by atoms with Crippen LogP contribution in [-0.4, -0.2) is 25.2 Å². The van der Waals surface area contributed by atoms with Crippen LogP contribution in [0.5, 0.6) is 0 Å². The molecule has 0 spiro atoms. The highest BCUT2D eigenvalue weighted by atomic mass is 15.0. The Morgan fingerprint density at radius 1 is 0.771 bits per heavy atom. The van der Waals surface area contributed by atoms with Gasteiger partial charge in [-0.05, 0) is 105 Å². The molecule has 35 heavy (non-hydrogen) atoms. The van der Waals surface area contributed by atoms with Gasteiger partial charge in [-0.25, -0.2) is 0 Å². The lowest BCUT2D eigenvalue weighted by atomic mass is 9.80. The van der Waals surface area contributed by atoms with Crippen molar-refractivity contribution in [3.05, 3.63) is 107 Å². The van der Waals surface area contributed by atoms with Crippen molar-refractivity contribution in [3.8, 4) is 0 Å². The van der Waals surface area contributed by atoms with E-state index in [2.05, 4.69) is 89.5 Å². The molecule has 3 aliphatic carbocycles. The molecule has 0 aromatic heterocycles. The average molecular weight is 467 g/mol. The Balaban J connectivity index is 1.09. The molecule has 184 valence electrons. The number of nitrogens with one attached hydrogen (secondary N) is 2. The number of rotatable bonds is 13. The summed E-state index contributed by atoms with van der Waals surface area (Å²) in [6, 6.07) is 20.3. The lowest BCUT2D eigenvalue weighted by Crippen LogP contribution is -2.35. The molecule has 2 saturated carbocycles. The third kappa shape index (κ3) is 6.63. The van der Waals surface area contributed by atoms with E-state index < -0.39 is 0 Å². The zero-order valence-electron chi connectivity index (χ0n) is 21.3. The summed E-state index contributed by atoms with van der Waals surface area (Å²) < 4.78 is 0. The summed E-state index contributed by atoms with van der Waals surface area (Å²) in [5.41, 5.74) is 7.63. The van der Waals surface area contributed by atoms with Gasteiger partial charge in [0, 0.05) is 12.1 Å². The van der Waals surface area contributed by atoms with Crippen LogP contribution in [0.1, 0.15) is 74.0 Å². The first kappa shape index (κ1) is 24.3. The van der Waals surface area contributed by atoms with Crippen LogP contribution in [0.2, 0.25) is 0 Å². The van der Waals surface area contributed by atoms with Crippen LogP contribution in [0.15, 0.2) is 90.0 Å². The summed E-state index contributed by atoms with van der Waals surface area (Å²) in [5, 5.41) is 7.70. The Kier molecular flexibility index (Phi) is 8.33. The summed E-state index contributed by atoms with van der Waals surface area (Å²) in [4.78, 5) is 0. The standard InChI is InChI=1S/C33H42N2/c1-3-10-27(11-4-1)12-7-8-24-35-33(22-23-33)32-16-6-2-5-13-31(32)26-34-25-21-28-17-19-30(20-18-28)29-14-9-15-29/h1,3-6,10-11,13,16-20,29,34-35H,2,7-9,12,14-15,21-26H2. The van der Waals surface area contributed by atoms with Gasteiger partial charge in [-0.2, -0.15) is 0 Å². The second kappa shape index (κ2) is 12.0. The zero-order valence-corrected chi connectivity index (χ0v) is 21.3. The highest BCUT2D eigenvalue weighted by Gasteiger charge is 2.45. The van der Waals surface area contributed by atoms with E-state index in [4.69, 9.17) is 0 Å². The fraction of sp³-hybridized carbons (Fsp3) is 0.455. The maximum atomic E-state index is 3.95. The van der Waals surface area contributed by atoms with Crippen molar-refractivity contribution in [2.24, 2.45) is 0 Å². The van der Waals surface area contributed by atoms with Gasteiger partial charge in [0.25, 0.3) is 0 Å². The summed E-state index contributed by atoms with van der Waals surface area (Å²) in [5.74, 6) is 0.829. The van der Waals surface area contributed by atoms with Crippen LogP contribution in [-0.2, 0) is 12.8 Å². The van der Waals surface area contributed by atoms with Gasteiger partial charge < -0.3 is 10.6 Å². The second-order valence-corrected chi connectivity index (χ2v) is 10.7. The molecule has 0 radical (unpaired) electrons. The van der Waals surface area contributed by atoms with Crippen molar-refractivity contribution in [1.82, 2.24) is 10.6 Å². The molecule has 2 N–H and O–H groups in total. The lowest BCUT2D eigenvalue weighted by Gasteiger charge is -2.25. The van der Waals surface area contributed by atoms with Gasteiger partial charge in [0.2, 0.25) is 0 Å². The molecule has 2 heteroatoms. The number of aryl methyl sites for hydroxylation is 1. The van der Waals surface area contributed by atoms with Gasteiger partial charge in [-0.1, -0.05) is 85.3 Å². The third-order valence-corrected chi connectivity index (χ3v) is 8.15. The molecule has 0 aliphatic heterocycles. The minimum Gasteiger partial charge on any atom is -0.312 e. The lowest BCUT2D eigenvalue weighted by molar-refractivity contribution is 0.419. The van der Waals surface area contributed by atoms with E-state index in [-0.39, 0.29) is 5.54 Å². The second-order valence-electron chi connectivity index (χ2n) is 10.7. The molecule has 0 amide bonds. The summed E-state index contributed by atoms with van der Waals surface area (Å²) in [6.07, 6.45) is 21.9. The third-order valence-electron chi connectivity index (χ3n) is 8.15. The Bertz CT molecular complexity index is 1020. The highest BCUT2D eigenvalue weighted by Crippen LogP contribution is 2.45. The molecule has 2 aromatic carbocycles. The topological polar surface area (TPSA) is 24.1 Å². The molecule has 0 heterocycles. The SMILES string of the molecule is C1=CC(CNCCc2ccc(C3CCC3)cc2)=C(C2(NCCCCc3ccccc3)CC2)C=CC1. The van der Waals surface area contributed by atoms with E-state index in [1.165, 1.54) is 73.6 Å². The number of unbranched alkanes of at least 4 members (excludes halogenated alkanes) is 1. The van der Waals surface area contributed by atoms with Gasteiger partial charge in [0.15, 0.2) is 0 Å². The number of allylic oxidation sites excluding steroid dienone is 2. The Hall–Kier alpha value is -2.42. The van der Waals surface area contributed by atoms with Crippen molar-refractivity contribution >= 4 is 0 Å². The van der Waals surface area contributed by atoms with Crippen LogP contribution >= 0.6 is 0 Å². The van der Waals surface area contributed by atoms with Crippen LogP contribution in [0.4, 0.5) is 0 Å². The molecule has 5 rings (SSSR count). The molecule has 0 bridgehead atoms. The van der Waals surface area contributed by atoms with E-state index in [9.17, 15) is 0 Å². The van der Waals surface area contributed by atoms with E-state index in [1.54, 1.807) is 5.56 Å². The van der Waals surface area contributed by atoms with Crippen molar-refractivity contribution in [3.63, 3.8) is 0 Å². The minimum atomic E-state index is 0.201. The highest BCUT2D eigenvalue weighted by molar-refractivity contribution is 5.47. The molecular formula is C33H42N2. The molecule has 0 saturated heterocycles. The quantitative estimate of drug-likeness (QED) is 0.309. The average Bonchev–Trinajstić information content (AvgIpc) is 3.66. The summed E-state index contributed by atoms with van der Waals surface area (Å²) in [6.45, 7) is 3.08. The predicted octanol–water partition coefficient (Wildman–Crippen LogP) is 7.04. The maximum Gasteiger partial charge on any atom is 0.0439 e.